The zero-order chi connectivity index (χ0) is 17.8. The van der Waals surface area contributed by atoms with Crippen LogP contribution in [0.5, 0.6) is 0 Å². The van der Waals surface area contributed by atoms with Gasteiger partial charge in [0.2, 0.25) is 5.91 Å². The second-order valence-corrected chi connectivity index (χ2v) is 6.86. The first-order chi connectivity index (χ1) is 12.1. The molecule has 5 nitrogen and oxygen atoms in total. The van der Waals surface area contributed by atoms with E-state index in [-0.39, 0.29) is 23.9 Å². The lowest BCUT2D eigenvalue weighted by molar-refractivity contribution is -0.132. The minimum atomic E-state index is -0.221. The molecule has 2 heterocycles. The maximum atomic E-state index is 14.6. The molecule has 136 valence electrons. The molecule has 1 aromatic carbocycles. The number of ether oxygens (including phenoxy) is 1. The molecule has 1 atom stereocenters. The quantitative estimate of drug-likeness (QED) is 0.833. The van der Waals surface area contributed by atoms with Gasteiger partial charge in [-0.1, -0.05) is 12.1 Å². The molecule has 1 amide bonds. The van der Waals surface area contributed by atoms with E-state index in [0.717, 1.165) is 38.9 Å². The smallest absolute Gasteiger partial charge is 0.219 e. The van der Waals surface area contributed by atoms with Crippen molar-refractivity contribution in [2.75, 3.05) is 31.1 Å². The van der Waals surface area contributed by atoms with Gasteiger partial charge in [0.1, 0.15) is 5.82 Å². The van der Waals surface area contributed by atoms with Crippen molar-refractivity contribution < 1.29 is 13.9 Å². The van der Waals surface area contributed by atoms with Gasteiger partial charge in [0, 0.05) is 39.5 Å². The van der Waals surface area contributed by atoms with Crippen molar-refractivity contribution in [1.29, 1.82) is 5.41 Å². The van der Waals surface area contributed by atoms with Crippen LogP contribution >= 0.6 is 0 Å². The highest BCUT2D eigenvalue weighted by molar-refractivity contribution is 5.73. The Hall–Kier alpha value is -1.95. The van der Waals surface area contributed by atoms with Gasteiger partial charge in [-0.2, -0.15) is 0 Å². The Morgan fingerprint density at radius 2 is 2.00 bits per heavy atom. The summed E-state index contributed by atoms with van der Waals surface area (Å²) in [4.78, 5) is 15.3. The summed E-state index contributed by atoms with van der Waals surface area (Å²) in [5, 5.41) is 7.18. The molecule has 1 N–H and O–H groups in total. The molecule has 0 aliphatic carbocycles. The van der Waals surface area contributed by atoms with Gasteiger partial charge >= 0.3 is 0 Å². The van der Waals surface area contributed by atoms with Crippen molar-refractivity contribution in [3.63, 3.8) is 0 Å². The van der Waals surface area contributed by atoms with Crippen LogP contribution in [0.1, 0.15) is 31.7 Å². The fourth-order valence-electron chi connectivity index (χ4n) is 3.72. The lowest BCUT2D eigenvalue weighted by atomic mass is 10.1. The number of benzene rings is 1. The van der Waals surface area contributed by atoms with Gasteiger partial charge in [-0.05, 0) is 37.1 Å². The summed E-state index contributed by atoms with van der Waals surface area (Å²) in [6.45, 7) is 4.60. The Bertz CT molecular complexity index is 629. The standard InChI is InChI=1S/C19H26FN3O2/c1-14(24)22-10-6-16(7-11-22)25-17-8-12-23(13-17)18-4-2-3-15(5-9-21)19(18)20/h2-4,9,16-17,21H,5-8,10-13H2,1H3/t17-/m1/s1. The van der Waals surface area contributed by atoms with E-state index in [1.165, 1.54) is 6.21 Å². The average molecular weight is 347 g/mol. The zero-order valence-electron chi connectivity index (χ0n) is 14.7. The largest absolute Gasteiger partial charge is 0.373 e. The Kier molecular flexibility index (Phi) is 5.68. The second-order valence-electron chi connectivity index (χ2n) is 6.86. The van der Waals surface area contributed by atoms with Crippen LogP contribution in [0.15, 0.2) is 18.2 Å². The summed E-state index contributed by atoms with van der Waals surface area (Å²) >= 11 is 0. The number of rotatable bonds is 5. The van der Waals surface area contributed by atoms with Crippen molar-refractivity contribution in [1.82, 2.24) is 4.90 Å². The molecule has 0 saturated carbocycles. The second kappa shape index (κ2) is 7.95. The van der Waals surface area contributed by atoms with Gasteiger partial charge in [-0.15, -0.1) is 0 Å². The molecule has 0 spiro atoms. The molecular formula is C19H26FN3O2. The lowest BCUT2D eigenvalue weighted by Gasteiger charge is -2.32. The Balaban J connectivity index is 1.55. The van der Waals surface area contributed by atoms with Gasteiger partial charge in [-0.25, -0.2) is 4.39 Å². The highest BCUT2D eigenvalue weighted by Gasteiger charge is 2.29. The Morgan fingerprint density at radius 3 is 2.68 bits per heavy atom. The summed E-state index contributed by atoms with van der Waals surface area (Å²) in [6, 6.07) is 5.39. The minimum absolute atomic E-state index is 0.111. The predicted molar refractivity (Wildman–Crippen MR) is 95.9 cm³/mol. The molecule has 2 fully saturated rings. The third-order valence-corrected chi connectivity index (χ3v) is 5.14. The van der Waals surface area contributed by atoms with E-state index in [2.05, 4.69) is 0 Å². The third kappa shape index (κ3) is 4.18. The van der Waals surface area contributed by atoms with Crippen molar-refractivity contribution in [3.8, 4) is 0 Å². The highest BCUT2D eigenvalue weighted by Crippen LogP contribution is 2.28. The van der Waals surface area contributed by atoms with Gasteiger partial charge in [0.05, 0.1) is 17.9 Å². The molecule has 0 radical (unpaired) electrons. The Morgan fingerprint density at radius 1 is 1.28 bits per heavy atom. The number of hydrogen-bond donors (Lipinski definition) is 1. The fourth-order valence-corrected chi connectivity index (χ4v) is 3.72. The first kappa shape index (κ1) is 17.9. The average Bonchev–Trinajstić information content (AvgIpc) is 3.05. The number of anilines is 1. The summed E-state index contributed by atoms with van der Waals surface area (Å²) in [5.41, 5.74) is 1.17. The molecule has 0 aromatic heterocycles. The van der Waals surface area contributed by atoms with Gasteiger partial charge in [0.15, 0.2) is 0 Å². The number of hydrogen-bond acceptors (Lipinski definition) is 4. The van der Waals surface area contributed by atoms with Crippen LogP contribution < -0.4 is 4.90 Å². The van der Waals surface area contributed by atoms with E-state index in [1.54, 1.807) is 19.1 Å². The SMILES string of the molecule is CC(=O)N1CCC(O[C@@H]2CCN(c3cccc(CC=N)c3F)C2)CC1. The van der Waals surface area contributed by atoms with E-state index in [1.807, 2.05) is 15.9 Å². The molecule has 2 aliphatic heterocycles. The summed E-state index contributed by atoms with van der Waals surface area (Å²) < 4.78 is 20.8. The zero-order valence-corrected chi connectivity index (χ0v) is 14.7. The molecule has 3 rings (SSSR count). The molecule has 1 aromatic rings. The number of piperidine rings is 1. The van der Waals surface area contributed by atoms with Crippen molar-refractivity contribution in [2.24, 2.45) is 0 Å². The summed E-state index contributed by atoms with van der Waals surface area (Å²) in [6.07, 6.45) is 4.49. The minimum Gasteiger partial charge on any atom is -0.373 e. The fraction of sp³-hybridized carbons (Fsp3) is 0.579. The van der Waals surface area contributed by atoms with Crippen LogP contribution in [0.2, 0.25) is 0 Å². The number of carbonyl (C=O) groups excluding carboxylic acids is 1. The number of halogens is 1. The van der Waals surface area contributed by atoms with Crippen molar-refractivity contribution in [3.05, 3.63) is 29.6 Å². The monoisotopic (exact) mass is 347 g/mol. The number of carbonyl (C=O) groups is 1. The van der Waals surface area contributed by atoms with E-state index < -0.39 is 0 Å². The molecular weight excluding hydrogens is 321 g/mol. The van der Waals surface area contributed by atoms with Crippen LogP contribution in [-0.4, -0.2) is 55.4 Å². The first-order valence-electron chi connectivity index (χ1n) is 9.00. The van der Waals surface area contributed by atoms with E-state index in [0.29, 0.717) is 24.2 Å². The predicted octanol–water partition coefficient (Wildman–Crippen LogP) is 2.62. The number of nitrogens with zero attached hydrogens (tertiary/aromatic N) is 2. The van der Waals surface area contributed by atoms with Gasteiger partial charge < -0.3 is 19.9 Å². The topological polar surface area (TPSA) is 56.6 Å². The molecule has 25 heavy (non-hydrogen) atoms. The first-order valence-corrected chi connectivity index (χ1v) is 9.00. The van der Waals surface area contributed by atoms with E-state index in [9.17, 15) is 9.18 Å². The molecule has 6 heteroatoms. The lowest BCUT2D eigenvalue weighted by Crippen LogP contribution is -2.41. The van der Waals surface area contributed by atoms with Gasteiger partial charge in [0.25, 0.3) is 0 Å². The maximum Gasteiger partial charge on any atom is 0.219 e. The van der Waals surface area contributed by atoms with E-state index in [4.69, 9.17) is 10.1 Å². The van der Waals surface area contributed by atoms with Crippen LogP contribution in [0.3, 0.4) is 0 Å². The molecule has 0 unspecified atom stereocenters. The maximum absolute atomic E-state index is 14.6. The number of amides is 1. The van der Waals surface area contributed by atoms with Gasteiger partial charge in [-0.3, -0.25) is 4.79 Å². The Labute approximate surface area is 148 Å². The van der Waals surface area contributed by atoms with Crippen LogP contribution in [-0.2, 0) is 16.0 Å². The number of likely N-dealkylation sites (tertiary alicyclic amines) is 1. The molecule has 0 bridgehead atoms. The van der Waals surface area contributed by atoms with Crippen LogP contribution in [0.4, 0.5) is 10.1 Å². The van der Waals surface area contributed by atoms with E-state index >= 15 is 0 Å². The third-order valence-electron chi connectivity index (χ3n) is 5.14. The van der Waals surface area contributed by atoms with Crippen molar-refractivity contribution in [2.45, 2.75) is 44.8 Å². The molecule has 2 saturated heterocycles. The molecule has 2 aliphatic rings. The number of nitrogens with one attached hydrogen (secondary N) is 1. The van der Waals surface area contributed by atoms with Crippen molar-refractivity contribution >= 4 is 17.8 Å². The van der Waals surface area contributed by atoms with Crippen LogP contribution in [0.25, 0.3) is 0 Å². The van der Waals surface area contributed by atoms with Crippen LogP contribution in [0, 0.1) is 11.2 Å². The normalized spacial score (nSPS) is 21.6. The highest BCUT2D eigenvalue weighted by atomic mass is 19.1. The summed E-state index contributed by atoms with van der Waals surface area (Å²) in [5.74, 6) is -0.0906. The summed E-state index contributed by atoms with van der Waals surface area (Å²) in [7, 11) is 0.